The molecule has 5 atom stereocenters. The van der Waals surface area contributed by atoms with Crippen molar-refractivity contribution in [3.63, 3.8) is 0 Å². The Bertz CT molecular complexity index is 828. The fourth-order valence-electron chi connectivity index (χ4n) is 4.81. The van der Waals surface area contributed by atoms with Crippen LogP contribution in [0.25, 0.3) is 0 Å². The highest BCUT2D eigenvalue weighted by atomic mass is 32.1. The highest BCUT2D eigenvalue weighted by Gasteiger charge is 2.51. The number of amides is 2. The van der Waals surface area contributed by atoms with Gasteiger partial charge in [0.25, 0.3) is 5.91 Å². The Hall–Kier alpha value is -2.15. The molecule has 0 aliphatic heterocycles. The van der Waals surface area contributed by atoms with E-state index in [-0.39, 0.29) is 17.7 Å². The Morgan fingerprint density at radius 3 is 2.58 bits per heavy atom. The van der Waals surface area contributed by atoms with Gasteiger partial charge in [-0.1, -0.05) is 19.1 Å². The molecular weight excluding hydrogens is 352 g/mol. The number of aliphatic carboxylic acids is 1. The van der Waals surface area contributed by atoms with Gasteiger partial charge < -0.3 is 16.2 Å². The molecule has 26 heavy (non-hydrogen) atoms. The lowest BCUT2D eigenvalue weighted by atomic mass is 9.82. The predicted octanol–water partition coefficient (Wildman–Crippen LogP) is 2.43. The number of rotatable bonds is 4. The van der Waals surface area contributed by atoms with Crippen molar-refractivity contribution in [1.82, 2.24) is 0 Å². The number of carbonyl (C=O) groups excluding carboxylic acids is 2. The molecule has 1 fully saturated rings. The van der Waals surface area contributed by atoms with Crippen LogP contribution in [0.4, 0.5) is 5.00 Å². The Morgan fingerprint density at radius 2 is 1.92 bits per heavy atom. The van der Waals surface area contributed by atoms with E-state index in [0.717, 1.165) is 29.7 Å². The van der Waals surface area contributed by atoms with E-state index in [4.69, 9.17) is 5.73 Å². The van der Waals surface area contributed by atoms with Gasteiger partial charge in [-0.2, -0.15) is 0 Å². The van der Waals surface area contributed by atoms with Crippen LogP contribution in [-0.4, -0.2) is 22.9 Å². The second-order valence-electron chi connectivity index (χ2n) is 7.75. The molecule has 3 aliphatic carbocycles. The van der Waals surface area contributed by atoms with Crippen molar-refractivity contribution < 1.29 is 19.5 Å². The van der Waals surface area contributed by atoms with Crippen molar-refractivity contribution in [3.8, 4) is 0 Å². The van der Waals surface area contributed by atoms with Gasteiger partial charge in [-0.25, -0.2) is 0 Å². The molecule has 4 rings (SSSR count). The fraction of sp³-hybridized carbons (Fsp3) is 0.526. The molecule has 7 heteroatoms. The quantitative estimate of drug-likeness (QED) is 0.703. The highest BCUT2D eigenvalue weighted by Crippen LogP contribution is 2.49. The summed E-state index contributed by atoms with van der Waals surface area (Å²) in [6.07, 6.45) is 7.23. The minimum absolute atomic E-state index is 0.0484. The second kappa shape index (κ2) is 6.23. The molecule has 0 spiro atoms. The number of hydrogen-bond acceptors (Lipinski definition) is 4. The Kier molecular flexibility index (Phi) is 4.14. The number of anilines is 1. The lowest BCUT2D eigenvalue weighted by Crippen LogP contribution is -2.36. The number of thiophene rings is 1. The van der Waals surface area contributed by atoms with E-state index < -0.39 is 23.7 Å². The number of nitrogens with two attached hydrogens (primary N) is 1. The molecule has 0 unspecified atom stereocenters. The van der Waals surface area contributed by atoms with E-state index in [1.54, 1.807) is 0 Å². The van der Waals surface area contributed by atoms with Crippen molar-refractivity contribution in [2.24, 2.45) is 35.3 Å². The zero-order chi connectivity index (χ0) is 18.6. The van der Waals surface area contributed by atoms with E-state index in [1.165, 1.54) is 11.3 Å². The van der Waals surface area contributed by atoms with Gasteiger partial charge in [0.1, 0.15) is 5.00 Å². The van der Waals surface area contributed by atoms with Crippen LogP contribution < -0.4 is 11.1 Å². The molecule has 2 amide bonds. The maximum Gasteiger partial charge on any atom is 0.307 e. The summed E-state index contributed by atoms with van der Waals surface area (Å²) in [6, 6.07) is 0. The van der Waals surface area contributed by atoms with Crippen molar-refractivity contribution in [2.75, 3.05) is 5.32 Å². The molecule has 1 aromatic heterocycles. The summed E-state index contributed by atoms with van der Waals surface area (Å²) in [5.74, 6) is -2.67. The molecule has 1 saturated carbocycles. The van der Waals surface area contributed by atoms with Gasteiger partial charge in [0, 0.05) is 4.88 Å². The van der Waals surface area contributed by atoms with Crippen LogP contribution in [0.1, 0.15) is 40.6 Å². The van der Waals surface area contributed by atoms with Crippen LogP contribution in [0.5, 0.6) is 0 Å². The van der Waals surface area contributed by atoms with Gasteiger partial charge in [0.15, 0.2) is 0 Å². The number of allylic oxidation sites excluding steroid dienone is 2. The molecule has 2 bridgehead atoms. The monoisotopic (exact) mass is 374 g/mol. The van der Waals surface area contributed by atoms with Crippen LogP contribution in [0, 0.1) is 29.6 Å². The summed E-state index contributed by atoms with van der Waals surface area (Å²) in [5.41, 5.74) is 6.96. The van der Waals surface area contributed by atoms with Crippen LogP contribution in [0.3, 0.4) is 0 Å². The zero-order valence-electron chi connectivity index (χ0n) is 14.5. The summed E-state index contributed by atoms with van der Waals surface area (Å²) < 4.78 is 0. The highest BCUT2D eigenvalue weighted by molar-refractivity contribution is 7.17. The minimum atomic E-state index is -0.934. The summed E-state index contributed by atoms with van der Waals surface area (Å²) in [7, 11) is 0. The van der Waals surface area contributed by atoms with Gasteiger partial charge in [-0.3, -0.25) is 14.4 Å². The predicted molar refractivity (Wildman–Crippen MR) is 98.0 cm³/mol. The zero-order valence-corrected chi connectivity index (χ0v) is 15.3. The number of nitrogens with one attached hydrogen (secondary N) is 1. The van der Waals surface area contributed by atoms with Crippen LogP contribution in [0.15, 0.2) is 12.2 Å². The average Bonchev–Trinajstić information content (AvgIpc) is 3.25. The van der Waals surface area contributed by atoms with E-state index in [2.05, 4.69) is 12.2 Å². The number of primary amides is 1. The van der Waals surface area contributed by atoms with Crippen molar-refractivity contribution >= 4 is 34.1 Å². The first kappa shape index (κ1) is 17.3. The van der Waals surface area contributed by atoms with Gasteiger partial charge in [-0.15, -0.1) is 11.3 Å². The molecule has 1 aromatic rings. The number of hydrogen-bond donors (Lipinski definition) is 3. The average molecular weight is 374 g/mol. The molecule has 3 aliphatic rings. The molecule has 4 N–H and O–H groups in total. The third kappa shape index (κ3) is 2.65. The van der Waals surface area contributed by atoms with E-state index in [1.807, 2.05) is 12.2 Å². The molecule has 0 aromatic carbocycles. The van der Waals surface area contributed by atoms with Crippen molar-refractivity contribution in [2.45, 2.75) is 32.6 Å². The second-order valence-corrected chi connectivity index (χ2v) is 8.85. The van der Waals surface area contributed by atoms with Gasteiger partial charge in [0.2, 0.25) is 5.91 Å². The van der Waals surface area contributed by atoms with Gasteiger partial charge in [0.05, 0.1) is 17.4 Å². The number of carboxylic acids is 1. The molecule has 0 saturated heterocycles. The van der Waals surface area contributed by atoms with E-state index in [9.17, 15) is 19.5 Å². The van der Waals surface area contributed by atoms with Crippen molar-refractivity contribution in [1.29, 1.82) is 0 Å². The third-order valence-corrected chi connectivity index (χ3v) is 7.21. The van der Waals surface area contributed by atoms with Crippen LogP contribution in [-0.2, 0) is 22.4 Å². The largest absolute Gasteiger partial charge is 0.481 e. The normalized spacial score (nSPS) is 31.7. The topological polar surface area (TPSA) is 109 Å². The van der Waals surface area contributed by atoms with E-state index >= 15 is 0 Å². The fourth-order valence-corrected chi connectivity index (χ4v) is 6.23. The summed E-state index contributed by atoms with van der Waals surface area (Å²) in [4.78, 5) is 37.7. The van der Waals surface area contributed by atoms with Crippen molar-refractivity contribution in [3.05, 3.63) is 28.2 Å². The Labute approximate surface area is 155 Å². The Balaban J connectivity index is 1.63. The maximum atomic E-state index is 12.9. The SMILES string of the molecule is C[C@@H]1CCc2c(sc(NC(=O)[C@@H]3[C@@H](C(=O)O)[C@H]4C=C[C@H]3C4)c2C(N)=O)C1. The number of carbonyl (C=O) groups is 3. The molecule has 138 valence electrons. The first-order valence-corrected chi connectivity index (χ1v) is 9.84. The summed E-state index contributed by atoms with van der Waals surface area (Å²) >= 11 is 1.41. The number of fused-ring (bicyclic) bond motifs is 3. The smallest absolute Gasteiger partial charge is 0.307 e. The third-order valence-electron chi connectivity index (χ3n) is 6.04. The van der Waals surface area contributed by atoms with Gasteiger partial charge in [-0.05, 0) is 49.0 Å². The van der Waals surface area contributed by atoms with Crippen LogP contribution >= 0.6 is 11.3 Å². The van der Waals surface area contributed by atoms with Crippen LogP contribution in [0.2, 0.25) is 0 Å². The Morgan fingerprint density at radius 1 is 1.23 bits per heavy atom. The molecule has 0 radical (unpaired) electrons. The lowest BCUT2D eigenvalue weighted by Gasteiger charge is -2.23. The molecule has 1 heterocycles. The summed E-state index contributed by atoms with van der Waals surface area (Å²) in [5, 5.41) is 12.9. The maximum absolute atomic E-state index is 12.9. The minimum Gasteiger partial charge on any atom is -0.481 e. The lowest BCUT2D eigenvalue weighted by molar-refractivity contribution is -0.146. The standard InChI is InChI=1S/C19H22N2O4S/c1-8-2-5-11-12(6-8)26-18(15(11)16(20)22)21-17(23)13-9-3-4-10(7-9)14(13)19(24)25/h3-4,8-10,13-14H,2,5-7H2,1H3,(H2,20,22)(H,21,23)(H,24,25)/t8-,9+,10+,13+,14+/m1/s1. The first-order valence-electron chi connectivity index (χ1n) is 9.03. The first-order chi connectivity index (χ1) is 12.4. The van der Waals surface area contributed by atoms with Gasteiger partial charge >= 0.3 is 5.97 Å². The van der Waals surface area contributed by atoms with E-state index in [0.29, 0.717) is 22.9 Å². The number of carboxylic acid groups (broad SMARTS) is 1. The molecule has 6 nitrogen and oxygen atoms in total. The summed E-state index contributed by atoms with van der Waals surface area (Å²) in [6.45, 7) is 2.17. The molecular formula is C19H22N2O4S.